The topological polar surface area (TPSA) is 30.7 Å². The summed E-state index contributed by atoms with van der Waals surface area (Å²) in [7, 11) is 0. The molecule has 5 heteroatoms. The Morgan fingerprint density at radius 1 is 1.31 bits per heavy atom. The van der Waals surface area contributed by atoms with Gasteiger partial charge in [0, 0.05) is 5.69 Å². The number of aromatic nitrogens is 3. The summed E-state index contributed by atoms with van der Waals surface area (Å²) in [4.78, 5) is 4.37. The lowest BCUT2D eigenvalue weighted by atomic mass is 10.3. The zero-order valence-electron chi connectivity index (χ0n) is 9.04. The molecule has 0 atom stereocenters. The van der Waals surface area contributed by atoms with E-state index in [2.05, 4.69) is 10.1 Å². The van der Waals surface area contributed by atoms with Crippen LogP contribution < -0.4 is 0 Å². The second-order valence-corrected chi connectivity index (χ2v) is 4.24. The van der Waals surface area contributed by atoms with E-state index in [-0.39, 0.29) is 0 Å². The molecule has 0 aliphatic rings. The van der Waals surface area contributed by atoms with Gasteiger partial charge in [-0.1, -0.05) is 11.6 Å². The number of halogens is 2. The largest absolute Gasteiger partial charge is 0.231 e. The van der Waals surface area contributed by atoms with Crippen LogP contribution in [0.4, 0.5) is 0 Å². The molecule has 0 radical (unpaired) electrons. The fourth-order valence-corrected chi connectivity index (χ4v) is 1.99. The minimum Gasteiger partial charge on any atom is -0.231 e. The van der Waals surface area contributed by atoms with Gasteiger partial charge in [0.15, 0.2) is 5.82 Å². The number of alkyl halides is 1. The molecule has 2 heterocycles. The van der Waals surface area contributed by atoms with E-state index in [1.54, 1.807) is 10.7 Å². The van der Waals surface area contributed by atoms with E-state index in [4.69, 9.17) is 23.2 Å². The monoisotopic (exact) mass is 255 g/mol. The Kier molecular flexibility index (Phi) is 3.17. The molecular formula is C11H11Cl2N3. The van der Waals surface area contributed by atoms with Crippen LogP contribution in [0.1, 0.15) is 17.1 Å². The van der Waals surface area contributed by atoms with Crippen molar-refractivity contribution in [3.05, 3.63) is 40.3 Å². The maximum absolute atomic E-state index is 5.95. The third-order valence-corrected chi connectivity index (χ3v) is 2.85. The first-order valence-corrected chi connectivity index (χ1v) is 5.78. The van der Waals surface area contributed by atoms with E-state index >= 15 is 0 Å². The smallest absolute Gasteiger partial charge is 0.154 e. The standard InChI is InChI=1S/C11H11Cl2N3/c1-7-5-8(2)16(15-7)11-4-3-9(13)10(6-12)14-11/h3-5H,6H2,1-2H3. The molecule has 0 saturated carbocycles. The molecule has 0 aromatic carbocycles. The van der Waals surface area contributed by atoms with Gasteiger partial charge >= 0.3 is 0 Å². The molecule has 0 aliphatic carbocycles. The summed E-state index contributed by atoms with van der Waals surface area (Å²) in [5.41, 5.74) is 2.67. The van der Waals surface area contributed by atoms with Gasteiger partial charge < -0.3 is 0 Å². The van der Waals surface area contributed by atoms with Gasteiger partial charge in [-0.05, 0) is 32.0 Å². The maximum atomic E-state index is 5.95. The van der Waals surface area contributed by atoms with Gasteiger partial charge in [-0.15, -0.1) is 11.6 Å². The second-order valence-electron chi connectivity index (χ2n) is 3.57. The molecule has 0 amide bonds. The third kappa shape index (κ3) is 2.06. The van der Waals surface area contributed by atoms with Crippen LogP contribution in [0.2, 0.25) is 5.02 Å². The number of pyridine rings is 1. The van der Waals surface area contributed by atoms with E-state index in [1.165, 1.54) is 0 Å². The predicted molar refractivity (Wildman–Crippen MR) is 65.4 cm³/mol. The van der Waals surface area contributed by atoms with Crippen LogP contribution in [-0.4, -0.2) is 14.8 Å². The van der Waals surface area contributed by atoms with Gasteiger partial charge in [-0.25, -0.2) is 9.67 Å². The highest BCUT2D eigenvalue weighted by atomic mass is 35.5. The molecule has 0 bridgehead atoms. The Bertz CT molecular complexity index is 520. The molecule has 3 nitrogen and oxygen atoms in total. The maximum Gasteiger partial charge on any atom is 0.154 e. The highest BCUT2D eigenvalue weighted by Gasteiger charge is 2.07. The first kappa shape index (κ1) is 11.4. The first-order chi connectivity index (χ1) is 7.61. The van der Waals surface area contributed by atoms with Crippen LogP contribution in [0, 0.1) is 13.8 Å². The zero-order chi connectivity index (χ0) is 11.7. The van der Waals surface area contributed by atoms with E-state index in [0.29, 0.717) is 16.6 Å². The number of hydrogen-bond acceptors (Lipinski definition) is 2. The number of hydrogen-bond donors (Lipinski definition) is 0. The van der Waals surface area contributed by atoms with Crippen molar-refractivity contribution in [3.63, 3.8) is 0 Å². The van der Waals surface area contributed by atoms with Gasteiger partial charge in [0.1, 0.15) is 0 Å². The summed E-state index contributed by atoms with van der Waals surface area (Å²) in [5.74, 6) is 1.04. The summed E-state index contributed by atoms with van der Waals surface area (Å²) in [6, 6.07) is 5.62. The van der Waals surface area contributed by atoms with Crippen molar-refractivity contribution in [1.82, 2.24) is 14.8 Å². The van der Waals surface area contributed by atoms with Crippen molar-refractivity contribution in [2.75, 3.05) is 0 Å². The average molecular weight is 256 g/mol. The Morgan fingerprint density at radius 2 is 2.06 bits per heavy atom. The van der Waals surface area contributed by atoms with Crippen molar-refractivity contribution < 1.29 is 0 Å². The van der Waals surface area contributed by atoms with E-state index in [1.807, 2.05) is 26.0 Å². The van der Waals surface area contributed by atoms with Crippen LogP contribution in [0.15, 0.2) is 18.2 Å². The molecule has 0 unspecified atom stereocenters. The van der Waals surface area contributed by atoms with Gasteiger partial charge in [0.25, 0.3) is 0 Å². The number of nitrogens with zero attached hydrogens (tertiary/aromatic N) is 3. The molecule has 2 rings (SSSR count). The molecule has 0 spiro atoms. The molecule has 0 N–H and O–H groups in total. The van der Waals surface area contributed by atoms with E-state index in [9.17, 15) is 0 Å². The Balaban J connectivity index is 2.52. The lowest BCUT2D eigenvalue weighted by Crippen LogP contribution is -2.03. The molecule has 0 saturated heterocycles. The van der Waals surface area contributed by atoms with Gasteiger partial charge in [0.2, 0.25) is 0 Å². The molecule has 2 aromatic heterocycles. The SMILES string of the molecule is Cc1cc(C)n(-c2ccc(Cl)c(CCl)n2)n1. The second kappa shape index (κ2) is 4.44. The first-order valence-electron chi connectivity index (χ1n) is 4.87. The molecular weight excluding hydrogens is 245 g/mol. The number of rotatable bonds is 2. The van der Waals surface area contributed by atoms with Gasteiger partial charge in [-0.2, -0.15) is 5.10 Å². The minimum absolute atomic E-state index is 0.298. The Morgan fingerprint density at radius 3 is 2.62 bits per heavy atom. The molecule has 84 valence electrons. The lowest BCUT2D eigenvalue weighted by Gasteiger charge is -2.06. The van der Waals surface area contributed by atoms with Crippen LogP contribution in [0.3, 0.4) is 0 Å². The van der Waals surface area contributed by atoms with Gasteiger partial charge in [0.05, 0.1) is 22.3 Å². The summed E-state index contributed by atoms with van der Waals surface area (Å²) in [6.07, 6.45) is 0. The number of aryl methyl sites for hydroxylation is 2. The normalized spacial score (nSPS) is 10.8. The predicted octanol–water partition coefficient (Wildman–Crippen LogP) is 3.28. The average Bonchev–Trinajstić information content (AvgIpc) is 2.59. The molecule has 0 aliphatic heterocycles. The van der Waals surface area contributed by atoms with E-state index in [0.717, 1.165) is 17.2 Å². The van der Waals surface area contributed by atoms with Crippen LogP contribution >= 0.6 is 23.2 Å². The summed E-state index contributed by atoms with van der Waals surface area (Å²) < 4.78 is 1.78. The van der Waals surface area contributed by atoms with Crippen LogP contribution in [-0.2, 0) is 5.88 Å². The van der Waals surface area contributed by atoms with E-state index < -0.39 is 0 Å². The summed E-state index contributed by atoms with van der Waals surface area (Å²) >= 11 is 11.7. The molecule has 16 heavy (non-hydrogen) atoms. The lowest BCUT2D eigenvalue weighted by molar-refractivity contribution is 0.800. The van der Waals surface area contributed by atoms with Crippen molar-refractivity contribution >= 4 is 23.2 Å². The van der Waals surface area contributed by atoms with Crippen molar-refractivity contribution in [2.24, 2.45) is 0 Å². The quantitative estimate of drug-likeness (QED) is 0.772. The molecule has 0 fully saturated rings. The van der Waals surface area contributed by atoms with Crippen molar-refractivity contribution in [1.29, 1.82) is 0 Å². The fraction of sp³-hybridized carbons (Fsp3) is 0.273. The highest BCUT2D eigenvalue weighted by molar-refractivity contribution is 6.32. The molecule has 2 aromatic rings. The summed E-state index contributed by atoms with van der Waals surface area (Å²) in [5, 5.41) is 4.94. The van der Waals surface area contributed by atoms with Crippen LogP contribution in [0.5, 0.6) is 0 Å². The zero-order valence-corrected chi connectivity index (χ0v) is 10.5. The fourth-order valence-electron chi connectivity index (χ4n) is 1.55. The third-order valence-electron chi connectivity index (χ3n) is 2.26. The van der Waals surface area contributed by atoms with Crippen LogP contribution in [0.25, 0.3) is 5.82 Å². The Hall–Kier alpha value is -1.06. The van der Waals surface area contributed by atoms with Crippen molar-refractivity contribution in [2.45, 2.75) is 19.7 Å². The highest BCUT2D eigenvalue weighted by Crippen LogP contribution is 2.18. The van der Waals surface area contributed by atoms with Gasteiger partial charge in [-0.3, -0.25) is 0 Å². The summed E-state index contributed by atoms with van der Waals surface area (Å²) in [6.45, 7) is 3.93. The Labute approximate surface area is 104 Å². The minimum atomic E-state index is 0.298. The van der Waals surface area contributed by atoms with Crippen molar-refractivity contribution in [3.8, 4) is 5.82 Å².